The summed E-state index contributed by atoms with van der Waals surface area (Å²) in [4.78, 5) is 20.4. The highest BCUT2D eigenvalue weighted by Crippen LogP contribution is 2.36. The monoisotopic (exact) mass is 640 g/mol. The average molecular weight is 641 g/mol. The molecule has 11 nitrogen and oxygen atoms in total. The van der Waals surface area contributed by atoms with Crippen LogP contribution < -0.4 is 15.4 Å². The van der Waals surface area contributed by atoms with Crippen LogP contribution in [-0.2, 0) is 16.6 Å². The van der Waals surface area contributed by atoms with E-state index in [4.69, 9.17) is 16.3 Å². The van der Waals surface area contributed by atoms with Crippen LogP contribution in [0.2, 0.25) is 5.02 Å². The number of fused-ring (bicyclic) bond motifs is 1. The minimum atomic E-state index is -3.93. The maximum absolute atomic E-state index is 13.6. The van der Waals surface area contributed by atoms with Gasteiger partial charge in [-0.3, -0.25) is 10.1 Å². The summed E-state index contributed by atoms with van der Waals surface area (Å²) < 4.78 is 33.5. The maximum atomic E-state index is 13.6. The zero-order valence-corrected chi connectivity index (χ0v) is 25.3. The Morgan fingerprint density at radius 3 is 2.44 bits per heavy atom. The topological polar surface area (TPSA) is 141 Å². The first kappa shape index (κ1) is 29.6. The summed E-state index contributed by atoms with van der Waals surface area (Å²) in [5.74, 6) is 0.834. The van der Waals surface area contributed by atoms with E-state index >= 15 is 0 Å². The van der Waals surface area contributed by atoms with Crippen LogP contribution in [-0.4, -0.2) is 34.4 Å². The number of nitrogens with one attached hydrogen (secondary N) is 2. The van der Waals surface area contributed by atoms with Crippen LogP contribution in [0.1, 0.15) is 5.56 Å². The van der Waals surface area contributed by atoms with Crippen molar-refractivity contribution < 1.29 is 18.1 Å². The molecule has 2 aromatic heterocycles. The quantitative estimate of drug-likeness (QED) is 0.117. The first-order valence-electron chi connectivity index (χ1n) is 13.6. The lowest BCUT2D eigenvalue weighted by Gasteiger charge is -2.11. The van der Waals surface area contributed by atoms with Gasteiger partial charge in [-0.25, -0.2) is 22.4 Å². The van der Waals surface area contributed by atoms with Crippen LogP contribution in [0.4, 0.5) is 23.0 Å². The highest BCUT2D eigenvalue weighted by molar-refractivity contribution is 7.90. The number of halogens is 1. The number of ether oxygens (including phenoxy) is 1. The standard InChI is InChI=1S/C32H25ClN6O5S/c1-44-23-14-11-21(12-15-23)18-34-28-16-13-22(17-30(28)39(40)41)36-32-35-19-27(33)31(37-32)26-20-38(29-10-6-5-9-25(26)29)45(42,43)24-7-3-2-4-8-24/h2-17,19-20,34H,18H2,1H3,(H,35,36,37). The van der Waals surface area contributed by atoms with E-state index in [1.54, 1.807) is 61.7 Å². The molecular formula is C32H25ClN6O5S. The van der Waals surface area contributed by atoms with Crippen molar-refractivity contribution in [3.8, 4) is 17.0 Å². The molecule has 0 saturated heterocycles. The number of nitro groups is 1. The summed E-state index contributed by atoms with van der Waals surface area (Å²) in [6.45, 7) is 0.370. The summed E-state index contributed by atoms with van der Waals surface area (Å²) in [7, 11) is -2.34. The number of benzene rings is 4. The molecule has 226 valence electrons. The number of para-hydroxylation sites is 1. The van der Waals surface area contributed by atoms with E-state index in [1.807, 2.05) is 24.3 Å². The van der Waals surface area contributed by atoms with E-state index in [-0.39, 0.29) is 21.6 Å². The zero-order chi connectivity index (χ0) is 31.6. The van der Waals surface area contributed by atoms with Crippen LogP contribution in [0.25, 0.3) is 22.2 Å². The predicted molar refractivity (Wildman–Crippen MR) is 174 cm³/mol. The molecular weight excluding hydrogens is 616 g/mol. The second-order valence-corrected chi connectivity index (χ2v) is 12.1. The molecule has 13 heteroatoms. The van der Waals surface area contributed by atoms with E-state index in [2.05, 4.69) is 20.6 Å². The number of anilines is 3. The van der Waals surface area contributed by atoms with Gasteiger partial charge in [0.2, 0.25) is 5.95 Å². The SMILES string of the molecule is COc1ccc(CNc2ccc(Nc3ncc(Cl)c(-c4cn(S(=O)(=O)c5ccccc5)c5ccccc45)n3)cc2[N+](=O)[O-])cc1. The largest absolute Gasteiger partial charge is 0.497 e. The Hall–Kier alpha value is -5.46. The molecule has 0 atom stereocenters. The molecule has 0 aliphatic rings. The van der Waals surface area contributed by atoms with Gasteiger partial charge < -0.3 is 15.4 Å². The summed E-state index contributed by atoms with van der Waals surface area (Å²) in [5, 5.41) is 18.9. The van der Waals surface area contributed by atoms with Crippen molar-refractivity contribution >= 4 is 55.5 Å². The van der Waals surface area contributed by atoms with Gasteiger partial charge in [-0.2, -0.15) is 0 Å². The number of nitro benzene ring substituents is 1. The highest BCUT2D eigenvalue weighted by atomic mass is 35.5. The van der Waals surface area contributed by atoms with Crippen LogP contribution in [0.5, 0.6) is 5.75 Å². The zero-order valence-electron chi connectivity index (χ0n) is 23.7. The molecule has 0 aliphatic heterocycles. The number of hydrogen-bond acceptors (Lipinski definition) is 9. The van der Waals surface area contributed by atoms with Gasteiger partial charge in [-0.05, 0) is 48.0 Å². The molecule has 0 saturated carbocycles. The number of methoxy groups -OCH3 is 1. The van der Waals surface area contributed by atoms with E-state index in [0.717, 1.165) is 11.3 Å². The average Bonchev–Trinajstić information content (AvgIpc) is 3.46. The third kappa shape index (κ3) is 6.01. The van der Waals surface area contributed by atoms with Crippen molar-refractivity contribution in [1.82, 2.24) is 13.9 Å². The van der Waals surface area contributed by atoms with Crippen LogP contribution >= 0.6 is 11.6 Å². The van der Waals surface area contributed by atoms with E-state index < -0.39 is 14.9 Å². The molecule has 45 heavy (non-hydrogen) atoms. The molecule has 0 bridgehead atoms. The molecule has 0 amide bonds. The van der Waals surface area contributed by atoms with Crippen molar-refractivity contribution in [2.75, 3.05) is 17.7 Å². The van der Waals surface area contributed by atoms with Gasteiger partial charge in [0.15, 0.2) is 0 Å². The van der Waals surface area contributed by atoms with Crippen LogP contribution in [0.15, 0.2) is 114 Å². The Labute approximate surface area is 263 Å². The summed E-state index contributed by atoms with van der Waals surface area (Å²) in [5.41, 5.74) is 2.72. The summed E-state index contributed by atoms with van der Waals surface area (Å²) in [6.07, 6.45) is 2.88. The minimum Gasteiger partial charge on any atom is -0.497 e. The third-order valence-electron chi connectivity index (χ3n) is 7.07. The smallest absolute Gasteiger partial charge is 0.294 e. The second kappa shape index (κ2) is 12.3. The van der Waals surface area contributed by atoms with Gasteiger partial charge >= 0.3 is 0 Å². The van der Waals surface area contributed by atoms with Gasteiger partial charge in [-0.15, -0.1) is 0 Å². The maximum Gasteiger partial charge on any atom is 0.294 e. The van der Waals surface area contributed by atoms with Gasteiger partial charge in [0.25, 0.3) is 15.7 Å². The Balaban J connectivity index is 1.31. The first-order valence-corrected chi connectivity index (χ1v) is 15.4. The second-order valence-electron chi connectivity index (χ2n) is 9.88. The number of aromatic nitrogens is 3. The molecule has 6 aromatic rings. The number of hydrogen-bond donors (Lipinski definition) is 2. The molecule has 2 heterocycles. The predicted octanol–water partition coefficient (Wildman–Crippen LogP) is 7.26. The third-order valence-corrected chi connectivity index (χ3v) is 9.03. The minimum absolute atomic E-state index is 0.116. The lowest BCUT2D eigenvalue weighted by Crippen LogP contribution is -2.11. The lowest BCUT2D eigenvalue weighted by molar-refractivity contribution is -0.383. The van der Waals surface area contributed by atoms with Crippen molar-refractivity contribution in [1.29, 1.82) is 0 Å². The molecule has 4 aromatic carbocycles. The fourth-order valence-corrected chi connectivity index (χ4v) is 6.42. The Kier molecular flexibility index (Phi) is 8.07. The number of rotatable bonds is 10. The van der Waals surface area contributed by atoms with Crippen LogP contribution in [0.3, 0.4) is 0 Å². The Morgan fingerprint density at radius 2 is 1.71 bits per heavy atom. The molecule has 2 N–H and O–H groups in total. The fraction of sp³-hybridized carbons (Fsp3) is 0.0625. The van der Waals surface area contributed by atoms with E-state index in [0.29, 0.717) is 40.1 Å². The molecule has 0 unspecified atom stereocenters. The first-order chi connectivity index (χ1) is 21.7. The lowest BCUT2D eigenvalue weighted by atomic mass is 10.1. The van der Waals surface area contributed by atoms with Crippen molar-refractivity contribution in [2.45, 2.75) is 11.4 Å². The molecule has 0 fully saturated rings. The molecule has 0 aliphatic carbocycles. The van der Waals surface area contributed by atoms with Crippen molar-refractivity contribution in [2.24, 2.45) is 0 Å². The summed E-state index contributed by atoms with van der Waals surface area (Å²) in [6, 6.07) is 27.2. The molecule has 0 spiro atoms. The van der Waals surface area contributed by atoms with Gasteiger partial charge in [0.1, 0.15) is 11.4 Å². The molecule has 0 radical (unpaired) electrons. The number of nitrogens with zero attached hydrogens (tertiary/aromatic N) is 4. The Bertz CT molecular complexity index is 2140. The van der Waals surface area contributed by atoms with E-state index in [1.165, 1.54) is 34.6 Å². The van der Waals surface area contributed by atoms with E-state index in [9.17, 15) is 18.5 Å². The van der Waals surface area contributed by atoms with Gasteiger partial charge in [0, 0.05) is 35.4 Å². The summed E-state index contributed by atoms with van der Waals surface area (Å²) >= 11 is 6.55. The Morgan fingerprint density at radius 1 is 0.978 bits per heavy atom. The highest BCUT2D eigenvalue weighted by Gasteiger charge is 2.23. The normalized spacial score (nSPS) is 11.3. The fourth-order valence-electron chi connectivity index (χ4n) is 4.84. The van der Waals surface area contributed by atoms with Gasteiger partial charge in [0.05, 0.1) is 39.4 Å². The van der Waals surface area contributed by atoms with Crippen molar-refractivity contribution in [3.63, 3.8) is 0 Å². The van der Waals surface area contributed by atoms with Gasteiger partial charge in [-0.1, -0.05) is 60.1 Å². The molecule has 6 rings (SSSR count). The van der Waals surface area contributed by atoms with Crippen LogP contribution in [0, 0.1) is 10.1 Å². The van der Waals surface area contributed by atoms with Crippen molar-refractivity contribution in [3.05, 3.63) is 130 Å².